The Morgan fingerprint density at radius 3 is 2.38 bits per heavy atom. The van der Waals surface area contributed by atoms with Crippen LogP contribution in [-0.4, -0.2) is 24.9 Å². The van der Waals surface area contributed by atoms with Crippen molar-refractivity contribution < 1.29 is 18.3 Å². The summed E-state index contributed by atoms with van der Waals surface area (Å²) in [5.74, 6) is -0.637. The summed E-state index contributed by atoms with van der Waals surface area (Å²) in [5, 5.41) is 9.48. The van der Waals surface area contributed by atoms with Crippen molar-refractivity contribution in [3.8, 4) is 0 Å². The second-order valence-corrected chi connectivity index (χ2v) is 5.42. The molecule has 0 aromatic heterocycles. The number of hydrogen-bond donors (Lipinski definition) is 2. The highest BCUT2D eigenvalue weighted by Crippen LogP contribution is 2.16. The second kappa shape index (κ2) is 5.09. The van der Waals surface area contributed by atoms with Gasteiger partial charge in [-0.25, -0.2) is 8.42 Å². The first-order valence-electron chi connectivity index (χ1n) is 4.70. The van der Waals surface area contributed by atoms with Crippen LogP contribution in [0.4, 0.5) is 0 Å². The largest absolute Gasteiger partial charge is 0.377 e. The van der Waals surface area contributed by atoms with Crippen molar-refractivity contribution in [1.29, 1.82) is 0 Å². The second-order valence-electron chi connectivity index (χ2n) is 3.32. The highest BCUT2D eigenvalue weighted by molar-refractivity contribution is 7.91. The minimum Gasteiger partial charge on any atom is -0.377 e. The quantitative estimate of drug-likeness (QED) is 0.763. The fraction of sp³-hybridized carbons (Fsp3) is 0.300. The van der Waals surface area contributed by atoms with Gasteiger partial charge in [-0.3, -0.25) is 4.79 Å². The number of benzene rings is 1. The van der Waals surface area contributed by atoms with E-state index in [9.17, 15) is 18.3 Å². The Bertz CT molecular complexity index is 455. The molecule has 5 nitrogen and oxygen atoms in total. The average molecular weight is 243 g/mol. The topological polar surface area (TPSA) is 97.5 Å². The number of nitrogens with two attached hydrogens (primary N) is 1. The number of aliphatic hydroxyl groups is 1. The minimum atomic E-state index is -3.79. The normalized spacial score (nSPS) is 13.3. The predicted molar refractivity (Wildman–Crippen MR) is 58.1 cm³/mol. The van der Waals surface area contributed by atoms with Gasteiger partial charge in [-0.05, 0) is 18.6 Å². The van der Waals surface area contributed by atoms with E-state index in [0.29, 0.717) is 0 Å². The van der Waals surface area contributed by atoms with E-state index in [1.54, 1.807) is 18.2 Å². The van der Waals surface area contributed by atoms with E-state index in [-0.39, 0.29) is 17.7 Å². The summed E-state index contributed by atoms with van der Waals surface area (Å²) < 4.78 is 23.5. The van der Waals surface area contributed by atoms with Crippen molar-refractivity contribution in [3.05, 3.63) is 30.3 Å². The lowest BCUT2D eigenvalue weighted by molar-refractivity contribution is -0.118. The first-order valence-corrected chi connectivity index (χ1v) is 6.24. The summed E-state index contributed by atoms with van der Waals surface area (Å²) in [7, 11) is -3.79. The molecule has 0 saturated heterocycles. The van der Waals surface area contributed by atoms with Crippen molar-refractivity contribution in [1.82, 2.24) is 0 Å². The summed E-state index contributed by atoms with van der Waals surface area (Å²) in [4.78, 5) is 10.5. The zero-order valence-electron chi connectivity index (χ0n) is 8.54. The molecule has 0 heterocycles. The van der Waals surface area contributed by atoms with Crippen LogP contribution in [0.3, 0.4) is 0 Å². The summed E-state index contributed by atoms with van der Waals surface area (Å²) in [6.45, 7) is 0. The summed E-state index contributed by atoms with van der Waals surface area (Å²) in [6, 6.07) is 7.59. The molecule has 0 saturated carbocycles. The SMILES string of the molecule is NC(=O)CCC(O)S(=O)(=O)c1ccccc1. The number of hydrogen-bond acceptors (Lipinski definition) is 4. The first-order chi connectivity index (χ1) is 7.44. The van der Waals surface area contributed by atoms with Crippen molar-refractivity contribution in [3.63, 3.8) is 0 Å². The van der Waals surface area contributed by atoms with E-state index < -0.39 is 21.2 Å². The lowest BCUT2D eigenvalue weighted by Crippen LogP contribution is -2.23. The van der Waals surface area contributed by atoms with Crippen LogP contribution in [-0.2, 0) is 14.6 Å². The monoisotopic (exact) mass is 243 g/mol. The molecule has 1 atom stereocenters. The molecule has 1 rings (SSSR count). The summed E-state index contributed by atoms with van der Waals surface area (Å²) >= 11 is 0. The number of aliphatic hydroxyl groups excluding tert-OH is 1. The van der Waals surface area contributed by atoms with E-state index >= 15 is 0 Å². The number of rotatable bonds is 5. The zero-order chi connectivity index (χ0) is 12.2. The molecule has 0 radical (unpaired) electrons. The summed E-state index contributed by atoms with van der Waals surface area (Å²) in [6.07, 6.45) is -0.347. The highest BCUT2D eigenvalue weighted by atomic mass is 32.2. The molecule has 0 fully saturated rings. The van der Waals surface area contributed by atoms with Gasteiger partial charge >= 0.3 is 0 Å². The lowest BCUT2D eigenvalue weighted by Gasteiger charge is -2.10. The molecule has 0 aliphatic heterocycles. The Labute approximate surface area is 93.8 Å². The van der Waals surface area contributed by atoms with Crippen LogP contribution >= 0.6 is 0 Å². The molecular weight excluding hydrogens is 230 g/mol. The van der Waals surface area contributed by atoms with E-state index in [1.807, 2.05) is 0 Å². The van der Waals surface area contributed by atoms with Crippen LogP contribution in [0.2, 0.25) is 0 Å². The Morgan fingerprint density at radius 1 is 1.31 bits per heavy atom. The van der Waals surface area contributed by atoms with Gasteiger partial charge in [0.1, 0.15) is 0 Å². The Morgan fingerprint density at radius 2 is 1.88 bits per heavy atom. The van der Waals surface area contributed by atoms with Crippen LogP contribution in [0.15, 0.2) is 35.2 Å². The third-order valence-electron chi connectivity index (χ3n) is 2.07. The van der Waals surface area contributed by atoms with Gasteiger partial charge in [0.2, 0.25) is 15.7 Å². The molecule has 1 unspecified atom stereocenters. The van der Waals surface area contributed by atoms with Crippen molar-refractivity contribution in [2.24, 2.45) is 5.73 Å². The third-order valence-corrected chi connectivity index (χ3v) is 3.95. The Kier molecular flexibility index (Phi) is 4.03. The molecule has 0 aliphatic carbocycles. The van der Waals surface area contributed by atoms with E-state index in [4.69, 9.17) is 5.73 Å². The predicted octanol–water partition coefficient (Wildman–Crippen LogP) is 0.0442. The molecule has 1 aromatic carbocycles. The maximum absolute atomic E-state index is 11.7. The van der Waals surface area contributed by atoms with Crippen LogP contribution < -0.4 is 5.73 Å². The van der Waals surface area contributed by atoms with Crippen molar-refractivity contribution >= 4 is 15.7 Å². The van der Waals surface area contributed by atoms with Crippen molar-refractivity contribution in [2.75, 3.05) is 0 Å². The van der Waals surface area contributed by atoms with Gasteiger partial charge in [0.05, 0.1) is 4.90 Å². The molecule has 1 amide bonds. The highest BCUT2D eigenvalue weighted by Gasteiger charge is 2.24. The fourth-order valence-corrected chi connectivity index (χ4v) is 2.47. The van der Waals surface area contributed by atoms with Crippen LogP contribution in [0.5, 0.6) is 0 Å². The molecule has 0 aliphatic rings. The molecule has 16 heavy (non-hydrogen) atoms. The van der Waals surface area contributed by atoms with Gasteiger partial charge in [-0.15, -0.1) is 0 Å². The van der Waals surface area contributed by atoms with Gasteiger partial charge < -0.3 is 10.8 Å². The van der Waals surface area contributed by atoms with Gasteiger partial charge in [-0.1, -0.05) is 18.2 Å². The smallest absolute Gasteiger partial charge is 0.217 e. The molecule has 88 valence electrons. The minimum absolute atomic E-state index is 0.0342. The number of amides is 1. The zero-order valence-corrected chi connectivity index (χ0v) is 9.35. The summed E-state index contributed by atoms with van der Waals surface area (Å²) in [5.41, 5.74) is 3.28. The van der Waals surface area contributed by atoms with Gasteiger partial charge in [0.25, 0.3) is 0 Å². The first kappa shape index (κ1) is 12.7. The van der Waals surface area contributed by atoms with Gasteiger partial charge in [0, 0.05) is 6.42 Å². The third kappa shape index (κ3) is 3.04. The van der Waals surface area contributed by atoms with Gasteiger partial charge in [0.15, 0.2) is 5.44 Å². The van der Waals surface area contributed by atoms with Crippen LogP contribution in [0.1, 0.15) is 12.8 Å². The van der Waals surface area contributed by atoms with Crippen molar-refractivity contribution in [2.45, 2.75) is 23.2 Å². The van der Waals surface area contributed by atoms with E-state index in [1.165, 1.54) is 12.1 Å². The van der Waals surface area contributed by atoms with E-state index in [2.05, 4.69) is 0 Å². The maximum atomic E-state index is 11.7. The lowest BCUT2D eigenvalue weighted by atomic mass is 10.3. The Balaban J connectivity index is 2.82. The number of primary amides is 1. The molecule has 0 bridgehead atoms. The molecule has 1 aromatic rings. The molecule has 0 spiro atoms. The molecular formula is C10H13NO4S. The number of sulfone groups is 1. The number of carbonyl (C=O) groups is 1. The van der Waals surface area contributed by atoms with E-state index in [0.717, 1.165) is 0 Å². The maximum Gasteiger partial charge on any atom is 0.217 e. The Hall–Kier alpha value is -1.40. The average Bonchev–Trinajstić information content (AvgIpc) is 2.27. The fourth-order valence-electron chi connectivity index (χ4n) is 1.19. The molecule has 6 heteroatoms. The van der Waals surface area contributed by atoms with Crippen LogP contribution in [0, 0.1) is 0 Å². The van der Waals surface area contributed by atoms with Crippen LogP contribution in [0.25, 0.3) is 0 Å². The molecule has 3 N–H and O–H groups in total. The number of carbonyl (C=O) groups excluding carboxylic acids is 1. The van der Waals surface area contributed by atoms with Gasteiger partial charge in [-0.2, -0.15) is 0 Å². The standard InChI is InChI=1S/C10H13NO4S/c11-9(12)6-7-10(13)16(14,15)8-4-2-1-3-5-8/h1-5,10,13H,6-7H2,(H2,11,12).